The van der Waals surface area contributed by atoms with Crippen LogP contribution in [0, 0.1) is 23.7 Å². The van der Waals surface area contributed by atoms with Gasteiger partial charge in [0.1, 0.15) is 36.2 Å². The van der Waals surface area contributed by atoms with Gasteiger partial charge >= 0.3 is 11.4 Å². The third kappa shape index (κ3) is 11.3. The number of aliphatic hydroxyl groups excluding tert-OH is 1. The number of aliphatic hydroxyl groups is 1. The van der Waals surface area contributed by atoms with Crippen molar-refractivity contribution >= 4 is 31.3 Å². The minimum absolute atomic E-state index is 0.0356. The standard InChI is InChI=1S/C32H41N8O10P3/c1-47-24-13-28(50-25(24)18-41)40-15-20(29(43)35-32(40)46)7-4-2-3-5-9-22-16-38(37-36-22)17-26(42)33-12-6-8-21-14-39(31(45)34-30(21)44)27-11-10-23(49-27)19-48-53(51)52/h14-16,23-25,27-28,41H,2-3,5,9-13,17-19,51-52H2,1H3,(H,33,42)(H,34,44,45)(H,35,43,46)/t23-,24+,25+,27+,28+/m0/s1. The number of hydrogen-bond donors (Lipinski definition) is 4. The van der Waals surface area contributed by atoms with Crippen LogP contribution in [0.3, 0.4) is 0 Å². The molecule has 5 heterocycles. The van der Waals surface area contributed by atoms with Crippen LogP contribution < -0.4 is 27.8 Å². The number of hydrogen-bond acceptors (Lipinski definition) is 12. The van der Waals surface area contributed by atoms with E-state index in [-0.39, 0.29) is 48.9 Å². The third-order valence-electron chi connectivity index (χ3n) is 8.41. The summed E-state index contributed by atoms with van der Waals surface area (Å²) in [5, 5.41) is 20.3. The summed E-state index contributed by atoms with van der Waals surface area (Å²) in [6.07, 6.45) is 6.18. The minimum atomic E-state index is -0.702. The Kier molecular flexibility index (Phi) is 14.8. The van der Waals surface area contributed by atoms with Gasteiger partial charge in [-0.1, -0.05) is 46.8 Å². The second-order valence-corrected chi connectivity index (χ2v) is 18.0. The highest BCUT2D eigenvalue weighted by atomic mass is 32.4. The van der Waals surface area contributed by atoms with Crippen LogP contribution in [0.2, 0.25) is 0 Å². The van der Waals surface area contributed by atoms with Gasteiger partial charge in [0, 0.05) is 38.5 Å². The summed E-state index contributed by atoms with van der Waals surface area (Å²) in [7, 11) is 5.96. The summed E-state index contributed by atoms with van der Waals surface area (Å²) in [4.78, 5) is 66.5. The number of carbonyl (C=O) groups excluding carboxylic acids is 1. The predicted octanol–water partition coefficient (Wildman–Crippen LogP) is -0.123. The van der Waals surface area contributed by atoms with E-state index in [1.807, 2.05) is 0 Å². The molecule has 5 rings (SSSR count). The van der Waals surface area contributed by atoms with Crippen LogP contribution >= 0.6 is 25.4 Å². The largest absolute Gasteiger partial charge is 0.394 e. The lowest BCUT2D eigenvalue weighted by atomic mass is 10.1. The van der Waals surface area contributed by atoms with Crippen molar-refractivity contribution in [2.75, 3.05) is 26.9 Å². The second kappa shape index (κ2) is 19.5. The van der Waals surface area contributed by atoms with E-state index in [2.05, 4.69) is 67.1 Å². The Bertz CT molecular complexity index is 2100. The zero-order chi connectivity index (χ0) is 37.9. The number of carbonyl (C=O) groups is 1. The van der Waals surface area contributed by atoms with E-state index in [9.17, 15) is 29.1 Å². The number of unbranched alkanes of at least 4 members (excludes halogenated alkanes) is 2. The molecule has 53 heavy (non-hydrogen) atoms. The van der Waals surface area contributed by atoms with E-state index in [1.165, 1.54) is 33.3 Å². The second-order valence-electron chi connectivity index (χ2n) is 12.2. The van der Waals surface area contributed by atoms with Gasteiger partial charge in [-0.15, -0.1) is 5.10 Å². The average molecular weight is 791 g/mol. The van der Waals surface area contributed by atoms with Crippen molar-refractivity contribution in [1.82, 2.24) is 39.4 Å². The zero-order valence-corrected chi connectivity index (χ0v) is 32.1. The summed E-state index contributed by atoms with van der Waals surface area (Å²) in [5.41, 5.74) is -1.57. The van der Waals surface area contributed by atoms with Crippen molar-refractivity contribution in [2.45, 2.75) is 82.3 Å². The maximum atomic E-state index is 12.5. The molecule has 0 aliphatic carbocycles. The highest BCUT2D eigenvalue weighted by molar-refractivity contribution is 8.41. The fraction of sp³-hybridized carbons (Fsp3) is 0.531. The Hall–Kier alpha value is -3.82. The van der Waals surface area contributed by atoms with Gasteiger partial charge in [-0.05, 0) is 32.1 Å². The van der Waals surface area contributed by atoms with Crippen LogP contribution in [0.5, 0.6) is 0 Å². The molecule has 7 atom stereocenters. The van der Waals surface area contributed by atoms with E-state index in [4.69, 9.17) is 18.7 Å². The molecule has 0 spiro atoms. The quantitative estimate of drug-likeness (QED) is 0.0953. The molecule has 2 aliphatic heterocycles. The smallest absolute Gasteiger partial charge is 0.330 e. The SMILES string of the molecule is CO[C@@H]1C[C@H](n2cc(C#CCCCCc3cn(CC(=O)NCC#Cc4cn([C@H]5CC[C@@H](COP(P)P)O5)c(=O)[nH]c4=O)nn3)c(=O)[nH]c2=O)O[C@@H]1CO. The zero-order valence-electron chi connectivity index (χ0n) is 28.9. The van der Waals surface area contributed by atoms with Gasteiger partial charge in [-0.3, -0.25) is 33.5 Å². The van der Waals surface area contributed by atoms with Crippen molar-refractivity contribution in [3.8, 4) is 23.7 Å². The Morgan fingerprint density at radius 3 is 2.38 bits per heavy atom. The first-order chi connectivity index (χ1) is 25.5. The normalized spacial score (nSPS) is 20.9. The average Bonchev–Trinajstić information content (AvgIpc) is 3.89. The summed E-state index contributed by atoms with van der Waals surface area (Å²) in [6, 6.07) is 0. The lowest BCUT2D eigenvalue weighted by Crippen LogP contribution is -2.34. The van der Waals surface area contributed by atoms with Gasteiger partial charge in [-0.2, -0.15) is 0 Å². The maximum absolute atomic E-state index is 12.5. The summed E-state index contributed by atoms with van der Waals surface area (Å²) >= 11 is 0. The van der Waals surface area contributed by atoms with Crippen LogP contribution in [0.1, 0.15) is 67.8 Å². The number of methoxy groups -OCH3 is 1. The fourth-order valence-corrected chi connectivity index (χ4v) is 6.59. The number of amides is 1. The van der Waals surface area contributed by atoms with E-state index in [0.717, 1.165) is 6.42 Å². The number of aromatic nitrogens is 7. The highest BCUT2D eigenvalue weighted by Gasteiger charge is 2.36. The Balaban J connectivity index is 1.04. The first-order valence-corrected chi connectivity index (χ1v) is 21.3. The highest BCUT2D eigenvalue weighted by Crippen LogP contribution is 2.53. The summed E-state index contributed by atoms with van der Waals surface area (Å²) < 4.78 is 26.5. The fourth-order valence-electron chi connectivity index (χ4n) is 5.74. The molecule has 3 aromatic heterocycles. The molecule has 0 radical (unpaired) electrons. The minimum Gasteiger partial charge on any atom is -0.394 e. The number of nitrogens with one attached hydrogen (secondary N) is 3. The topological polar surface area (TPSA) is 227 Å². The predicted molar refractivity (Wildman–Crippen MR) is 199 cm³/mol. The molecule has 2 aliphatic rings. The van der Waals surface area contributed by atoms with Crippen molar-refractivity contribution in [3.63, 3.8) is 0 Å². The number of H-pyrrole nitrogens is 2. The van der Waals surface area contributed by atoms with E-state index < -0.39 is 48.6 Å². The van der Waals surface area contributed by atoms with Gasteiger partial charge in [0.25, 0.3) is 11.1 Å². The van der Waals surface area contributed by atoms with Gasteiger partial charge in [0.05, 0.1) is 45.2 Å². The molecule has 0 aromatic carbocycles. The lowest BCUT2D eigenvalue weighted by molar-refractivity contribution is -0.121. The van der Waals surface area contributed by atoms with Crippen LogP contribution in [-0.2, 0) is 36.5 Å². The first-order valence-electron chi connectivity index (χ1n) is 16.8. The van der Waals surface area contributed by atoms with E-state index in [1.54, 1.807) is 6.20 Å². The van der Waals surface area contributed by atoms with Crippen LogP contribution in [0.25, 0.3) is 0 Å². The molecule has 2 unspecified atom stereocenters. The number of aryl methyl sites for hydroxylation is 1. The van der Waals surface area contributed by atoms with Gasteiger partial charge in [-0.25, -0.2) is 14.3 Å². The molecule has 284 valence electrons. The maximum Gasteiger partial charge on any atom is 0.330 e. The molecule has 2 fully saturated rings. The molecule has 21 heteroatoms. The molecule has 2 saturated heterocycles. The molecular formula is C32H41N8O10P3. The van der Waals surface area contributed by atoms with Crippen LogP contribution in [0.4, 0.5) is 0 Å². The Morgan fingerprint density at radius 1 is 1.02 bits per heavy atom. The Morgan fingerprint density at radius 2 is 1.72 bits per heavy atom. The molecule has 0 bridgehead atoms. The van der Waals surface area contributed by atoms with Crippen LogP contribution in [-0.4, -0.2) is 90.3 Å². The number of nitrogens with zero attached hydrogens (tertiary/aromatic N) is 5. The van der Waals surface area contributed by atoms with Crippen molar-refractivity contribution in [2.24, 2.45) is 0 Å². The summed E-state index contributed by atoms with van der Waals surface area (Å²) in [6.45, 7) is 0.0253. The van der Waals surface area contributed by atoms with Gasteiger partial charge in [0.15, 0.2) is 0 Å². The number of rotatable bonds is 14. The monoisotopic (exact) mass is 790 g/mol. The third-order valence-corrected chi connectivity index (χ3v) is 9.75. The van der Waals surface area contributed by atoms with Crippen molar-refractivity contribution < 1.29 is 28.6 Å². The lowest BCUT2D eigenvalue weighted by Gasteiger charge is -2.16. The molecule has 3 aromatic rings. The summed E-state index contributed by atoms with van der Waals surface area (Å²) in [5.74, 6) is 10.9. The van der Waals surface area contributed by atoms with Gasteiger partial charge in [0.2, 0.25) is 5.91 Å². The van der Waals surface area contributed by atoms with E-state index in [0.29, 0.717) is 50.8 Å². The Labute approximate surface area is 308 Å². The number of ether oxygens (including phenoxy) is 3. The molecule has 4 N–H and O–H groups in total. The molecule has 1 amide bonds. The van der Waals surface area contributed by atoms with Gasteiger partial charge < -0.3 is 29.2 Å². The molecular weight excluding hydrogens is 749 g/mol. The van der Waals surface area contributed by atoms with Crippen molar-refractivity contribution in [1.29, 1.82) is 0 Å². The molecule has 0 saturated carbocycles. The number of aromatic amines is 2. The van der Waals surface area contributed by atoms with Crippen molar-refractivity contribution in [3.05, 3.63) is 77.1 Å². The first kappa shape index (κ1) is 40.4. The van der Waals surface area contributed by atoms with E-state index >= 15 is 0 Å². The molecule has 18 nitrogen and oxygen atoms in total. The van der Waals surface area contributed by atoms with Crippen LogP contribution in [0.15, 0.2) is 37.8 Å².